The molecule has 0 unspecified atom stereocenters. The predicted molar refractivity (Wildman–Crippen MR) is 100 cm³/mol. The molecule has 1 aromatic heterocycles. The van der Waals surface area contributed by atoms with Gasteiger partial charge in [-0.15, -0.1) is 10.2 Å². The molecule has 0 amide bonds. The fourth-order valence-electron chi connectivity index (χ4n) is 3.05. The SMILES string of the molecule is Cc1ccc(CN=C(NCc2nnc(C)n2C)NC2CCCC2)cc1. The largest absolute Gasteiger partial charge is 0.354 e. The molecule has 0 spiro atoms. The standard InChI is InChI=1S/C19H28N6/c1-14-8-10-16(11-9-14)12-20-19(22-17-6-4-5-7-17)21-13-18-24-23-15(2)25(18)3/h8-11,17H,4-7,12-13H2,1-3H3,(H2,20,21,22). The van der Waals surface area contributed by atoms with Crippen LogP contribution >= 0.6 is 0 Å². The first kappa shape index (κ1) is 17.5. The van der Waals surface area contributed by atoms with E-state index in [0.29, 0.717) is 19.1 Å². The van der Waals surface area contributed by atoms with Crippen LogP contribution in [0.4, 0.5) is 0 Å². The summed E-state index contributed by atoms with van der Waals surface area (Å²) in [6.45, 7) is 5.34. The van der Waals surface area contributed by atoms with Crippen molar-refractivity contribution in [3.8, 4) is 0 Å². The molecule has 2 N–H and O–H groups in total. The lowest BCUT2D eigenvalue weighted by atomic mass is 10.1. The summed E-state index contributed by atoms with van der Waals surface area (Å²) in [5.41, 5.74) is 2.49. The summed E-state index contributed by atoms with van der Waals surface area (Å²) in [5, 5.41) is 15.3. The van der Waals surface area contributed by atoms with Crippen LogP contribution in [0.1, 0.15) is 48.5 Å². The molecule has 3 rings (SSSR count). The molecule has 0 radical (unpaired) electrons. The lowest BCUT2D eigenvalue weighted by molar-refractivity contribution is 0.606. The highest BCUT2D eigenvalue weighted by Gasteiger charge is 2.16. The number of hydrogen-bond acceptors (Lipinski definition) is 3. The van der Waals surface area contributed by atoms with Crippen LogP contribution in [0.2, 0.25) is 0 Å². The third kappa shape index (κ3) is 4.81. The maximum Gasteiger partial charge on any atom is 0.192 e. The van der Waals surface area contributed by atoms with Crippen LogP contribution < -0.4 is 10.6 Å². The number of aromatic nitrogens is 3. The quantitative estimate of drug-likeness (QED) is 0.648. The lowest BCUT2D eigenvalue weighted by Gasteiger charge is -2.17. The molecule has 6 nitrogen and oxygen atoms in total. The summed E-state index contributed by atoms with van der Waals surface area (Å²) >= 11 is 0. The molecule has 1 saturated carbocycles. The van der Waals surface area contributed by atoms with Gasteiger partial charge in [0.05, 0.1) is 13.1 Å². The molecule has 0 saturated heterocycles. The van der Waals surface area contributed by atoms with Crippen LogP contribution in [0.5, 0.6) is 0 Å². The van der Waals surface area contributed by atoms with Gasteiger partial charge >= 0.3 is 0 Å². The number of rotatable bonds is 5. The molecule has 1 heterocycles. The molecule has 0 bridgehead atoms. The van der Waals surface area contributed by atoms with Crippen LogP contribution in [0.3, 0.4) is 0 Å². The maximum atomic E-state index is 4.78. The zero-order valence-electron chi connectivity index (χ0n) is 15.4. The molecule has 0 aliphatic heterocycles. The van der Waals surface area contributed by atoms with Crippen molar-refractivity contribution in [2.45, 2.75) is 58.7 Å². The second-order valence-corrected chi connectivity index (χ2v) is 6.85. The van der Waals surface area contributed by atoms with Crippen LogP contribution in [0, 0.1) is 13.8 Å². The van der Waals surface area contributed by atoms with E-state index < -0.39 is 0 Å². The average molecular weight is 340 g/mol. The van der Waals surface area contributed by atoms with Gasteiger partial charge in [-0.05, 0) is 32.3 Å². The second kappa shape index (κ2) is 8.14. The van der Waals surface area contributed by atoms with Crippen LogP contribution in [-0.4, -0.2) is 26.8 Å². The first-order valence-corrected chi connectivity index (χ1v) is 9.07. The minimum atomic E-state index is 0.519. The van der Waals surface area contributed by atoms with Gasteiger partial charge in [0.25, 0.3) is 0 Å². The van der Waals surface area contributed by atoms with Crippen molar-refractivity contribution in [2.75, 3.05) is 0 Å². The van der Waals surface area contributed by atoms with Crippen molar-refractivity contribution in [3.05, 3.63) is 47.0 Å². The van der Waals surface area contributed by atoms with Gasteiger partial charge in [0, 0.05) is 13.1 Å². The van der Waals surface area contributed by atoms with E-state index in [9.17, 15) is 0 Å². The highest BCUT2D eigenvalue weighted by Crippen LogP contribution is 2.17. The van der Waals surface area contributed by atoms with E-state index in [1.807, 2.05) is 18.5 Å². The number of nitrogens with zero attached hydrogens (tertiary/aromatic N) is 4. The second-order valence-electron chi connectivity index (χ2n) is 6.85. The summed E-state index contributed by atoms with van der Waals surface area (Å²) in [4.78, 5) is 4.78. The van der Waals surface area contributed by atoms with E-state index in [1.54, 1.807) is 0 Å². The van der Waals surface area contributed by atoms with E-state index in [2.05, 4.69) is 52.0 Å². The van der Waals surface area contributed by atoms with Crippen molar-refractivity contribution in [1.29, 1.82) is 0 Å². The third-order valence-corrected chi connectivity index (χ3v) is 4.83. The Morgan fingerprint density at radius 1 is 1.16 bits per heavy atom. The van der Waals surface area contributed by atoms with Gasteiger partial charge in [0.1, 0.15) is 5.82 Å². The normalized spacial score (nSPS) is 15.6. The van der Waals surface area contributed by atoms with Crippen molar-refractivity contribution < 1.29 is 0 Å². The number of hydrogen-bond donors (Lipinski definition) is 2. The van der Waals surface area contributed by atoms with Gasteiger partial charge in [0.2, 0.25) is 0 Å². The Hall–Kier alpha value is -2.37. The fraction of sp³-hybridized carbons (Fsp3) is 0.526. The summed E-state index contributed by atoms with van der Waals surface area (Å²) < 4.78 is 2.00. The fourth-order valence-corrected chi connectivity index (χ4v) is 3.05. The first-order chi connectivity index (χ1) is 12.1. The molecular formula is C19H28N6. The molecule has 1 aliphatic rings. The number of nitrogens with one attached hydrogen (secondary N) is 2. The van der Waals surface area contributed by atoms with Gasteiger partial charge < -0.3 is 15.2 Å². The van der Waals surface area contributed by atoms with Gasteiger partial charge in [-0.2, -0.15) is 0 Å². The summed E-state index contributed by atoms with van der Waals surface area (Å²) in [6.07, 6.45) is 5.03. The maximum absolute atomic E-state index is 4.78. The number of benzene rings is 1. The van der Waals surface area contributed by atoms with Crippen LogP contribution in [0.25, 0.3) is 0 Å². The van der Waals surface area contributed by atoms with Crippen LogP contribution in [-0.2, 0) is 20.1 Å². The smallest absolute Gasteiger partial charge is 0.192 e. The molecule has 25 heavy (non-hydrogen) atoms. The zero-order chi connectivity index (χ0) is 17.6. The Morgan fingerprint density at radius 3 is 2.52 bits per heavy atom. The number of aryl methyl sites for hydroxylation is 2. The van der Waals surface area contributed by atoms with Gasteiger partial charge in [-0.25, -0.2) is 4.99 Å². The van der Waals surface area contributed by atoms with Crippen molar-refractivity contribution in [1.82, 2.24) is 25.4 Å². The monoisotopic (exact) mass is 340 g/mol. The summed E-state index contributed by atoms with van der Waals surface area (Å²) in [5.74, 6) is 2.68. The van der Waals surface area contributed by atoms with E-state index in [0.717, 1.165) is 17.6 Å². The average Bonchev–Trinajstić information content (AvgIpc) is 3.23. The highest BCUT2D eigenvalue weighted by molar-refractivity contribution is 5.80. The molecule has 1 fully saturated rings. The Labute approximate surface area is 149 Å². The van der Waals surface area contributed by atoms with E-state index in [1.165, 1.54) is 36.8 Å². The molecule has 6 heteroatoms. The van der Waals surface area contributed by atoms with Gasteiger partial charge in [-0.1, -0.05) is 42.7 Å². The summed E-state index contributed by atoms with van der Waals surface area (Å²) in [7, 11) is 1.99. The first-order valence-electron chi connectivity index (χ1n) is 9.07. The molecule has 1 aliphatic carbocycles. The molecule has 134 valence electrons. The molecule has 0 atom stereocenters. The van der Waals surface area contributed by atoms with Crippen molar-refractivity contribution >= 4 is 5.96 Å². The minimum Gasteiger partial charge on any atom is -0.354 e. The number of guanidine groups is 1. The zero-order valence-corrected chi connectivity index (χ0v) is 15.4. The van der Waals surface area contributed by atoms with Crippen molar-refractivity contribution in [2.24, 2.45) is 12.0 Å². The Balaban J connectivity index is 1.66. The third-order valence-electron chi connectivity index (χ3n) is 4.83. The van der Waals surface area contributed by atoms with Gasteiger partial charge in [0.15, 0.2) is 11.8 Å². The van der Waals surface area contributed by atoms with E-state index in [-0.39, 0.29) is 0 Å². The minimum absolute atomic E-state index is 0.519. The Kier molecular flexibility index (Phi) is 5.68. The Morgan fingerprint density at radius 2 is 1.88 bits per heavy atom. The lowest BCUT2D eigenvalue weighted by Crippen LogP contribution is -2.42. The molecule has 1 aromatic carbocycles. The van der Waals surface area contributed by atoms with E-state index >= 15 is 0 Å². The van der Waals surface area contributed by atoms with Gasteiger partial charge in [-0.3, -0.25) is 0 Å². The summed E-state index contributed by atoms with van der Waals surface area (Å²) in [6, 6.07) is 9.05. The predicted octanol–water partition coefficient (Wildman–Crippen LogP) is 2.61. The van der Waals surface area contributed by atoms with Crippen LogP contribution in [0.15, 0.2) is 29.3 Å². The Bertz CT molecular complexity index is 710. The highest BCUT2D eigenvalue weighted by atomic mass is 15.3. The topological polar surface area (TPSA) is 67.1 Å². The molecule has 2 aromatic rings. The van der Waals surface area contributed by atoms with E-state index in [4.69, 9.17) is 4.99 Å². The van der Waals surface area contributed by atoms with Crippen molar-refractivity contribution in [3.63, 3.8) is 0 Å². The number of aliphatic imine (C=N–C) groups is 1. The molecular weight excluding hydrogens is 312 g/mol.